The largest absolute Gasteiger partial charge is 1.00 e. The van der Waals surface area contributed by atoms with Gasteiger partial charge in [-0.3, -0.25) is 0 Å². The predicted molar refractivity (Wildman–Crippen MR) is 123 cm³/mol. The molecule has 0 heterocycles. The summed E-state index contributed by atoms with van der Waals surface area (Å²) in [7, 11) is -4.13. The van der Waals surface area contributed by atoms with Crippen molar-refractivity contribution in [3.05, 3.63) is 0 Å². The van der Waals surface area contributed by atoms with Gasteiger partial charge in [0.25, 0.3) is 0 Å². The van der Waals surface area contributed by atoms with Crippen LogP contribution in [0.2, 0.25) is 0 Å². The first-order valence-electron chi connectivity index (χ1n) is 12.5. The van der Waals surface area contributed by atoms with Crippen LogP contribution in [0.4, 0.5) is 0 Å². The maximum atomic E-state index is 10.8. The van der Waals surface area contributed by atoms with Crippen molar-refractivity contribution in [1.82, 2.24) is 0 Å². The minimum atomic E-state index is -4.13. The Morgan fingerprint density at radius 2 is 0.933 bits per heavy atom. The topological polar surface area (TPSA) is 77.4 Å². The van der Waals surface area contributed by atoms with Gasteiger partial charge in [0.2, 0.25) is 0 Å². The fraction of sp³-hybridized carbons (Fsp3) is 1.00. The van der Waals surface area contributed by atoms with Crippen LogP contribution < -0.4 is 29.6 Å². The quantitative estimate of drug-likeness (QED) is 0.151. The van der Waals surface area contributed by atoms with E-state index in [1.165, 1.54) is 84.0 Å². The molecule has 0 aliphatic heterocycles. The standard InChI is InChI=1S/C24H50O4S.Na/c1-3-4-5-6-7-8-9-10-11-12-13-14-18-21-24(25)22-19-16-15-17-20-23(2)29(26,27)28;/h23-25H,3-22H2,1-2H3,(H,26,27,28);/q;+1/p-1. The van der Waals surface area contributed by atoms with Gasteiger partial charge in [-0.1, -0.05) is 116 Å². The van der Waals surface area contributed by atoms with Crippen molar-refractivity contribution in [2.24, 2.45) is 0 Å². The van der Waals surface area contributed by atoms with E-state index in [-0.39, 0.29) is 35.7 Å². The molecular formula is C24H49NaO4S. The summed E-state index contributed by atoms with van der Waals surface area (Å²) < 4.78 is 32.5. The minimum absolute atomic E-state index is 0. The molecule has 2 atom stereocenters. The Hall–Kier alpha value is 0.870. The third-order valence-corrected chi connectivity index (χ3v) is 7.25. The molecule has 0 aromatic carbocycles. The molecule has 0 saturated carbocycles. The van der Waals surface area contributed by atoms with Crippen molar-refractivity contribution in [2.45, 2.75) is 154 Å². The smallest absolute Gasteiger partial charge is 0.748 e. The zero-order chi connectivity index (χ0) is 21.8. The van der Waals surface area contributed by atoms with E-state index in [1.54, 1.807) is 0 Å². The number of hydrogen-bond donors (Lipinski definition) is 1. The first-order chi connectivity index (χ1) is 13.9. The van der Waals surface area contributed by atoms with Crippen molar-refractivity contribution in [2.75, 3.05) is 0 Å². The van der Waals surface area contributed by atoms with Gasteiger partial charge in [0.15, 0.2) is 0 Å². The molecule has 2 unspecified atom stereocenters. The summed E-state index contributed by atoms with van der Waals surface area (Å²) >= 11 is 0. The van der Waals surface area contributed by atoms with Crippen molar-refractivity contribution in [3.63, 3.8) is 0 Å². The number of aliphatic hydroxyl groups excluding tert-OH is 1. The van der Waals surface area contributed by atoms with Crippen LogP contribution in [0.25, 0.3) is 0 Å². The zero-order valence-electron chi connectivity index (χ0n) is 20.4. The Morgan fingerprint density at radius 3 is 1.27 bits per heavy atom. The normalized spacial score (nSPS) is 13.7. The van der Waals surface area contributed by atoms with E-state index in [4.69, 9.17) is 0 Å². The molecule has 0 saturated heterocycles. The van der Waals surface area contributed by atoms with Crippen LogP contribution in [0.15, 0.2) is 0 Å². The average molecular weight is 457 g/mol. The summed E-state index contributed by atoms with van der Waals surface area (Å²) in [6.07, 6.45) is 23.2. The second kappa shape index (κ2) is 23.0. The van der Waals surface area contributed by atoms with E-state index < -0.39 is 15.4 Å². The summed E-state index contributed by atoms with van der Waals surface area (Å²) in [6, 6.07) is 0. The second-order valence-electron chi connectivity index (χ2n) is 8.98. The van der Waals surface area contributed by atoms with Crippen molar-refractivity contribution in [1.29, 1.82) is 0 Å². The van der Waals surface area contributed by atoms with Crippen LogP contribution in [-0.4, -0.2) is 29.4 Å². The van der Waals surface area contributed by atoms with Crippen LogP contribution in [0.1, 0.15) is 142 Å². The van der Waals surface area contributed by atoms with Crippen molar-refractivity contribution >= 4 is 10.1 Å². The average Bonchev–Trinajstić information content (AvgIpc) is 2.67. The molecule has 30 heavy (non-hydrogen) atoms. The third-order valence-electron chi connectivity index (χ3n) is 6.03. The van der Waals surface area contributed by atoms with Gasteiger partial charge in [0.05, 0.1) is 16.2 Å². The molecule has 0 aromatic rings. The van der Waals surface area contributed by atoms with Gasteiger partial charge in [0, 0.05) is 5.25 Å². The SMILES string of the molecule is CCCCCCCCCCCCCCCC(O)CCCCCCC(C)S(=O)(=O)[O-].[Na+]. The summed E-state index contributed by atoms with van der Waals surface area (Å²) in [4.78, 5) is 0. The van der Waals surface area contributed by atoms with Crippen molar-refractivity contribution in [3.8, 4) is 0 Å². The maximum absolute atomic E-state index is 10.8. The number of rotatable bonds is 22. The summed E-state index contributed by atoms with van der Waals surface area (Å²) in [5.41, 5.74) is 0. The number of hydrogen-bond acceptors (Lipinski definition) is 4. The van der Waals surface area contributed by atoms with Crippen LogP contribution in [0, 0.1) is 0 Å². The van der Waals surface area contributed by atoms with Gasteiger partial charge in [-0.15, -0.1) is 0 Å². The predicted octanol–water partition coefficient (Wildman–Crippen LogP) is 4.11. The Balaban J connectivity index is 0. The minimum Gasteiger partial charge on any atom is -0.748 e. The maximum Gasteiger partial charge on any atom is 1.00 e. The molecule has 0 fully saturated rings. The molecule has 0 aliphatic rings. The van der Waals surface area contributed by atoms with Crippen LogP contribution in [0.3, 0.4) is 0 Å². The van der Waals surface area contributed by atoms with Gasteiger partial charge < -0.3 is 9.66 Å². The van der Waals surface area contributed by atoms with E-state index in [1.807, 2.05) is 0 Å². The third kappa shape index (κ3) is 23.5. The fourth-order valence-corrected chi connectivity index (χ4v) is 4.31. The molecule has 4 nitrogen and oxygen atoms in total. The number of unbranched alkanes of at least 4 members (excludes halogenated alkanes) is 15. The molecule has 0 aliphatic carbocycles. The Kier molecular flexibility index (Phi) is 25.4. The molecule has 0 spiro atoms. The van der Waals surface area contributed by atoms with Gasteiger partial charge >= 0.3 is 29.6 Å². The van der Waals surface area contributed by atoms with E-state index >= 15 is 0 Å². The second-order valence-corrected chi connectivity index (χ2v) is 10.8. The molecule has 0 bridgehead atoms. The Morgan fingerprint density at radius 1 is 0.633 bits per heavy atom. The molecule has 1 N–H and O–H groups in total. The van der Waals surface area contributed by atoms with Crippen LogP contribution in [0.5, 0.6) is 0 Å². The summed E-state index contributed by atoms with van der Waals surface area (Å²) in [5, 5.41) is 9.28. The Labute approximate surface area is 210 Å². The monoisotopic (exact) mass is 456 g/mol. The fourth-order valence-electron chi connectivity index (χ4n) is 3.85. The van der Waals surface area contributed by atoms with Gasteiger partial charge in [-0.2, -0.15) is 0 Å². The van der Waals surface area contributed by atoms with E-state index in [0.717, 1.165) is 44.9 Å². The zero-order valence-corrected chi connectivity index (χ0v) is 23.2. The molecule has 6 heteroatoms. The van der Waals surface area contributed by atoms with Crippen LogP contribution >= 0.6 is 0 Å². The molecule has 0 amide bonds. The van der Waals surface area contributed by atoms with Gasteiger partial charge in [-0.25, -0.2) is 8.42 Å². The summed E-state index contributed by atoms with van der Waals surface area (Å²) in [6.45, 7) is 3.75. The van der Waals surface area contributed by atoms with E-state index in [0.29, 0.717) is 6.42 Å². The van der Waals surface area contributed by atoms with Gasteiger partial charge in [-0.05, 0) is 26.2 Å². The van der Waals surface area contributed by atoms with Gasteiger partial charge in [0.1, 0.15) is 0 Å². The Bertz CT molecular complexity index is 442. The first kappa shape index (κ1) is 33.0. The van der Waals surface area contributed by atoms with E-state index in [9.17, 15) is 18.1 Å². The molecule has 0 aromatic heterocycles. The molecule has 176 valence electrons. The number of aliphatic hydroxyl groups is 1. The molecular weight excluding hydrogens is 407 g/mol. The summed E-state index contributed by atoms with van der Waals surface area (Å²) in [5.74, 6) is 0. The van der Waals surface area contributed by atoms with E-state index in [2.05, 4.69) is 6.92 Å². The van der Waals surface area contributed by atoms with Crippen molar-refractivity contribution < 1.29 is 47.6 Å². The molecule has 0 radical (unpaired) electrons. The van der Waals surface area contributed by atoms with Crippen LogP contribution in [-0.2, 0) is 10.1 Å². The molecule has 0 rings (SSSR count). The first-order valence-corrected chi connectivity index (χ1v) is 14.0.